The van der Waals surface area contributed by atoms with Crippen LogP contribution in [-0.4, -0.2) is 42.9 Å². The lowest BCUT2D eigenvalue weighted by Crippen LogP contribution is -2.53. The summed E-state index contributed by atoms with van der Waals surface area (Å²) in [5.74, 6) is 0.959. The van der Waals surface area contributed by atoms with Crippen molar-refractivity contribution in [2.75, 3.05) is 26.2 Å². The molecule has 1 N–H and O–H groups in total. The third-order valence-corrected chi connectivity index (χ3v) is 2.92. The minimum atomic E-state index is 0.297. The minimum absolute atomic E-state index is 0.297. The van der Waals surface area contributed by atoms with Gasteiger partial charge in [-0.3, -0.25) is 9.69 Å². The van der Waals surface area contributed by atoms with E-state index in [0.717, 1.165) is 26.2 Å². The van der Waals surface area contributed by atoms with Crippen LogP contribution in [0.3, 0.4) is 0 Å². The quantitative estimate of drug-likeness (QED) is 0.728. The molecule has 0 aromatic rings. The van der Waals surface area contributed by atoms with Crippen molar-refractivity contribution in [1.82, 2.24) is 10.2 Å². The molecule has 3 nitrogen and oxygen atoms in total. The fourth-order valence-corrected chi connectivity index (χ4v) is 2.00. The number of rotatable bonds is 4. The molecule has 0 aromatic carbocycles. The Kier molecular flexibility index (Phi) is 4.55. The first-order chi connectivity index (χ1) is 6.61. The van der Waals surface area contributed by atoms with E-state index in [1.54, 1.807) is 6.92 Å². The topological polar surface area (TPSA) is 32.3 Å². The molecule has 1 heterocycles. The largest absolute Gasteiger partial charge is 0.314 e. The summed E-state index contributed by atoms with van der Waals surface area (Å²) in [5, 5.41) is 3.41. The molecule has 0 aromatic heterocycles. The molecule has 82 valence electrons. The van der Waals surface area contributed by atoms with Crippen molar-refractivity contribution < 1.29 is 4.79 Å². The Morgan fingerprint density at radius 1 is 1.57 bits per heavy atom. The van der Waals surface area contributed by atoms with Crippen LogP contribution in [0.2, 0.25) is 0 Å². The second-order valence-corrected chi connectivity index (χ2v) is 4.50. The summed E-state index contributed by atoms with van der Waals surface area (Å²) >= 11 is 0. The highest BCUT2D eigenvalue weighted by atomic mass is 16.1. The zero-order valence-corrected chi connectivity index (χ0v) is 9.55. The summed E-state index contributed by atoms with van der Waals surface area (Å²) in [4.78, 5) is 13.4. The van der Waals surface area contributed by atoms with Crippen molar-refractivity contribution in [1.29, 1.82) is 0 Å². The predicted molar refractivity (Wildman–Crippen MR) is 58.4 cm³/mol. The molecule has 1 aliphatic rings. The lowest BCUT2D eigenvalue weighted by atomic mass is 10.0. The van der Waals surface area contributed by atoms with Crippen LogP contribution in [0.15, 0.2) is 0 Å². The molecule has 0 spiro atoms. The Labute approximate surface area is 86.9 Å². The third kappa shape index (κ3) is 3.39. The van der Waals surface area contributed by atoms with Gasteiger partial charge in [0, 0.05) is 38.6 Å². The van der Waals surface area contributed by atoms with E-state index < -0.39 is 0 Å². The van der Waals surface area contributed by atoms with E-state index in [1.807, 2.05) is 0 Å². The normalized spacial score (nSPS) is 24.1. The molecule has 1 aliphatic heterocycles. The van der Waals surface area contributed by atoms with Crippen LogP contribution in [0.4, 0.5) is 0 Å². The fourth-order valence-electron chi connectivity index (χ4n) is 2.00. The predicted octanol–water partition coefficient (Wildman–Crippen LogP) is 0.895. The smallest absolute Gasteiger partial charge is 0.131 e. The molecule has 0 saturated carbocycles. The molecule has 3 heteroatoms. The number of carbonyl (C=O) groups is 1. The molecule has 1 fully saturated rings. The van der Waals surface area contributed by atoms with Crippen molar-refractivity contribution in [2.24, 2.45) is 5.92 Å². The average Bonchev–Trinajstić information content (AvgIpc) is 2.15. The zero-order chi connectivity index (χ0) is 10.6. The van der Waals surface area contributed by atoms with Crippen molar-refractivity contribution >= 4 is 5.78 Å². The number of piperazine rings is 1. The summed E-state index contributed by atoms with van der Waals surface area (Å²) < 4.78 is 0. The third-order valence-electron chi connectivity index (χ3n) is 2.92. The second-order valence-electron chi connectivity index (χ2n) is 4.50. The summed E-state index contributed by atoms with van der Waals surface area (Å²) in [6.45, 7) is 10.3. The lowest BCUT2D eigenvalue weighted by molar-refractivity contribution is -0.117. The minimum Gasteiger partial charge on any atom is -0.314 e. The van der Waals surface area contributed by atoms with Gasteiger partial charge in [-0.25, -0.2) is 0 Å². The molecule has 0 amide bonds. The van der Waals surface area contributed by atoms with Crippen LogP contribution in [0.1, 0.15) is 27.2 Å². The highest BCUT2D eigenvalue weighted by Gasteiger charge is 2.24. The van der Waals surface area contributed by atoms with Crippen LogP contribution >= 0.6 is 0 Å². The van der Waals surface area contributed by atoms with Gasteiger partial charge in [0.1, 0.15) is 5.78 Å². The molecule has 1 rings (SSSR count). The number of Topliss-reactive ketones (excluding diaryl/α,β-unsaturated/α-hetero) is 1. The van der Waals surface area contributed by atoms with E-state index in [9.17, 15) is 4.79 Å². The summed E-state index contributed by atoms with van der Waals surface area (Å²) in [6, 6.07) is 0.600. The van der Waals surface area contributed by atoms with Gasteiger partial charge in [-0.2, -0.15) is 0 Å². The molecule has 0 radical (unpaired) electrons. The molecule has 1 saturated heterocycles. The number of carbonyl (C=O) groups excluding carboxylic acids is 1. The van der Waals surface area contributed by atoms with Crippen LogP contribution in [0, 0.1) is 5.92 Å². The van der Waals surface area contributed by atoms with Gasteiger partial charge < -0.3 is 5.32 Å². The van der Waals surface area contributed by atoms with Crippen molar-refractivity contribution in [3.8, 4) is 0 Å². The highest BCUT2D eigenvalue weighted by Crippen LogP contribution is 2.12. The molecular formula is C11H22N2O. The van der Waals surface area contributed by atoms with Gasteiger partial charge in [-0.15, -0.1) is 0 Å². The maximum atomic E-state index is 10.9. The Balaban J connectivity index is 2.41. The van der Waals surface area contributed by atoms with Gasteiger partial charge in [-0.05, 0) is 12.8 Å². The molecular weight excluding hydrogens is 176 g/mol. The van der Waals surface area contributed by atoms with E-state index in [0.29, 0.717) is 24.2 Å². The number of nitrogens with one attached hydrogen (secondary N) is 1. The zero-order valence-electron chi connectivity index (χ0n) is 9.55. The number of ketones is 1. The van der Waals surface area contributed by atoms with Crippen LogP contribution < -0.4 is 5.32 Å². The lowest BCUT2D eigenvalue weighted by Gasteiger charge is -2.38. The van der Waals surface area contributed by atoms with Gasteiger partial charge >= 0.3 is 0 Å². The van der Waals surface area contributed by atoms with Crippen molar-refractivity contribution in [2.45, 2.75) is 33.2 Å². The van der Waals surface area contributed by atoms with Crippen LogP contribution in [0.25, 0.3) is 0 Å². The summed E-state index contributed by atoms with van der Waals surface area (Å²) in [6.07, 6.45) is 0.698. The molecule has 0 bridgehead atoms. The van der Waals surface area contributed by atoms with Crippen LogP contribution in [-0.2, 0) is 4.79 Å². The number of nitrogens with zero attached hydrogens (tertiary/aromatic N) is 1. The first kappa shape index (κ1) is 11.7. The maximum absolute atomic E-state index is 10.9. The Hall–Kier alpha value is -0.410. The molecule has 0 aliphatic carbocycles. The second kappa shape index (κ2) is 5.47. The monoisotopic (exact) mass is 198 g/mol. The van der Waals surface area contributed by atoms with Gasteiger partial charge in [-0.1, -0.05) is 13.8 Å². The van der Waals surface area contributed by atoms with Crippen LogP contribution in [0.5, 0.6) is 0 Å². The van der Waals surface area contributed by atoms with Crippen molar-refractivity contribution in [3.63, 3.8) is 0 Å². The fraction of sp³-hybridized carbons (Fsp3) is 0.909. The number of hydrogen-bond donors (Lipinski definition) is 1. The molecule has 1 unspecified atom stereocenters. The first-order valence-corrected chi connectivity index (χ1v) is 5.55. The summed E-state index contributed by atoms with van der Waals surface area (Å²) in [5.41, 5.74) is 0. The number of hydrogen-bond acceptors (Lipinski definition) is 3. The van der Waals surface area contributed by atoms with E-state index >= 15 is 0 Å². The maximum Gasteiger partial charge on any atom is 0.131 e. The summed E-state index contributed by atoms with van der Waals surface area (Å²) in [7, 11) is 0. The SMILES string of the molecule is CC(=O)CCN1CCNCC1C(C)C. The standard InChI is InChI=1S/C11H22N2O/c1-9(2)11-8-12-5-7-13(11)6-4-10(3)14/h9,11-12H,4-8H2,1-3H3. The van der Waals surface area contributed by atoms with E-state index in [4.69, 9.17) is 0 Å². The van der Waals surface area contributed by atoms with Gasteiger partial charge in [0.05, 0.1) is 0 Å². The Morgan fingerprint density at radius 3 is 2.86 bits per heavy atom. The highest BCUT2D eigenvalue weighted by molar-refractivity contribution is 5.75. The van der Waals surface area contributed by atoms with Gasteiger partial charge in [0.2, 0.25) is 0 Å². The van der Waals surface area contributed by atoms with Gasteiger partial charge in [0.15, 0.2) is 0 Å². The van der Waals surface area contributed by atoms with Crippen molar-refractivity contribution in [3.05, 3.63) is 0 Å². The molecule has 14 heavy (non-hydrogen) atoms. The average molecular weight is 198 g/mol. The van der Waals surface area contributed by atoms with E-state index in [-0.39, 0.29) is 0 Å². The first-order valence-electron chi connectivity index (χ1n) is 5.55. The van der Waals surface area contributed by atoms with Gasteiger partial charge in [0.25, 0.3) is 0 Å². The van der Waals surface area contributed by atoms with E-state index in [2.05, 4.69) is 24.1 Å². The molecule has 1 atom stereocenters. The van der Waals surface area contributed by atoms with E-state index in [1.165, 1.54) is 0 Å². The Morgan fingerprint density at radius 2 is 2.29 bits per heavy atom. The Bertz CT molecular complexity index is 192.